The standard InChI is InChI=1S/C17H25N3O3/c1-4-20(11-14-6-5-9-23-14)17(22)19-15-8-7-13(10-12(15)2)16(21)18-3/h7-8,10,14H,4-6,9,11H2,1-3H3,(H,18,21)(H,19,22)/t14-/m1/s1. The molecular weight excluding hydrogens is 294 g/mol. The van der Waals surface area contributed by atoms with Gasteiger partial charge in [0.15, 0.2) is 0 Å². The summed E-state index contributed by atoms with van der Waals surface area (Å²) >= 11 is 0. The number of urea groups is 1. The normalized spacial score (nSPS) is 16.9. The lowest BCUT2D eigenvalue weighted by Crippen LogP contribution is -2.40. The van der Waals surface area contributed by atoms with Crippen LogP contribution in [0.5, 0.6) is 0 Å². The molecule has 0 radical (unpaired) electrons. The topological polar surface area (TPSA) is 70.7 Å². The highest BCUT2D eigenvalue weighted by Gasteiger charge is 2.22. The summed E-state index contributed by atoms with van der Waals surface area (Å²) in [5.41, 5.74) is 2.15. The maximum Gasteiger partial charge on any atom is 0.321 e. The molecule has 2 N–H and O–H groups in total. The van der Waals surface area contributed by atoms with Gasteiger partial charge in [-0.25, -0.2) is 4.79 Å². The number of nitrogens with zero attached hydrogens (tertiary/aromatic N) is 1. The second-order valence-electron chi connectivity index (χ2n) is 5.71. The number of rotatable bonds is 5. The molecular formula is C17H25N3O3. The molecule has 3 amide bonds. The van der Waals surface area contributed by atoms with Crippen LogP contribution in [-0.2, 0) is 4.74 Å². The minimum Gasteiger partial charge on any atom is -0.376 e. The van der Waals surface area contributed by atoms with Crippen molar-refractivity contribution < 1.29 is 14.3 Å². The molecule has 0 spiro atoms. The summed E-state index contributed by atoms with van der Waals surface area (Å²) in [6, 6.07) is 5.10. The number of aryl methyl sites for hydroxylation is 1. The summed E-state index contributed by atoms with van der Waals surface area (Å²) in [6.45, 7) is 5.84. The first kappa shape index (κ1) is 17.3. The average molecular weight is 319 g/mol. The molecule has 1 fully saturated rings. The zero-order chi connectivity index (χ0) is 16.8. The Morgan fingerprint density at radius 1 is 1.39 bits per heavy atom. The molecule has 0 unspecified atom stereocenters. The van der Waals surface area contributed by atoms with Crippen LogP contribution in [0.4, 0.5) is 10.5 Å². The Kier molecular flexibility index (Phi) is 5.98. The summed E-state index contributed by atoms with van der Waals surface area (Å²) in [4.78, 5) is 25.8. The molecule has 2 rings (SSSR count). The Labute approximate surface area is 137 Å². The van der Waals surface area contributed by atoms with Crippen LogP contribution in [0.15, 0.2) is 18.2 Å². The van der Waals surface area contributed by atoms with Crippen LogP contribution < -0.4 is 10.6 Å². The monoisotopic (exact) mass is 319 g/mol. The van der Waals surface area contributed by atoms with E-state index in [9.17, 15) is 9.59 Å². The molecule has 0 aromatic heterocycles. The van der Waals surface area contributed by atoms with Crippen LogP contribution in [0.3, 0.4) is 0 Å². The van der Waals surface area contributed by atoms with Crippen molar-refractivity contribution in [2.75, 3.05) is 32.1 Å². The number of ether oxygens (including phenoxy) is 1. The van der Waals surface area contributed by atoms with E-state index in [1.54, 1.807) is 30.1 Å². The fourth-order valence-corrected chi connectivity index (χ4v) is 2.67. The first-order valence-corrected chi connectivity index (χ1v) is 8.05. The number of nitrogens with one attached hydrogen (secondary N) is 2. The van der Waals surface area contributed by atoms with Crippen LogP contribution >= 0.6 is 0 Å². The lowest BCUT2D eigenvalue weighted by molar-refractivity contribution is 0.0849. The van der Waals surface area contributed by atoms with Gasteiger partial charge in [-0.1, -0.05) is 0 Å². The van der Waals surface area contributed by atoms with Crippen molar-refractivity contribution in [3.05, 3.63) is 29.3 Å². The molecule has 0 aliphatic carbocycles. The van der Waals surface area contributed by atoms with Gasteiger partial charge in [-0.3, -0.25) is 4.79 Å². The third kappa shape index (κ3) is 4.45. The Morgan fingerprint density at radius 3 is 2.74 bits per heavy atom. The quantitative estimate of drug-likeness (QED) is 0.875. The molecule has 23 heavy (non-hydrogen) atoms. The third-order valence-corrected chi connectivity index (χ3v) is 4.07. The van der Waals surface area contributed by atoms with Gasteiger partial charge in [-0.2, -0.15) is 0 Å². The summed E-state index contributed by atoms with van der Waals surface area (Å²) in [5, 5.41) is 5.51. The largest absolute Gasteiger partial charge is 0.376 e. The highest BCUT2D eigenvalue weighted by molar-refractivity contribution is 5.96. The van der Waals surface area contributed by atoms with Gasteiger partial charge in [0.05, 0.1) is 6.10 Å². The Bertz CT molecular complexity index is 568. The summed E-state index contributed by atoms with van der Waals surface area (Å²) in [5.74, 6) is -0.139. The van der Waals surface area contributed by atoms with Crippen molar-refractivity contribution in [3.8, 4) is 0 Å². The van der Waals surface area contributed by atoms with Gasteiger partial charge in [-0.05, 0) is 50.5 Å². The van der Waals surface area contributed by atoms with Crippen LogP contribution in [0, 0.1) is 6.92 Å². The van der Waals surface area contributed by atoms with Crippen molar-refractivity contribution >= 4 is 17.6 Å². The molecule has 1 aromatic carbocycles. The number of amides is 3. The van der Waals surface area contributed by atoms with Crippen molar-refractivity contribution in [1.82, 2.24) is 10.2 Å². The van der Waals surface area contributed by atoms with Gasteiger partial charge in [0, 0.05) is 38.0 Å². The predicted octanol–water partition coefficient (Wildman–Crippen LogP) is 2.39. The SMILES string of the molecule is CCN(C[C@H]1CCCO1)C(=O)Nc1ccc(C(=O)NC)cc1C. The number of carbonyl (C=O) groups is 2. The number of likely N-dealkylation sites (N-methyl/N-ethyl adjacent to an activating group) is 1. The van der Waals surface area contributed by atoms with Gasteiger partial charge in [-0.15, -0.1) is 0 Å². The van der Waals surface area contributed by atoms with Crippen molar-refractivity contribution in [2.24, 2.45) is 0 Å². The van der Waals surface area contributed by atoms with Gasteiger partial charge in [0.25, 0.3) is 5.91 Å². The van der Waals surface area contributed by atoms with Gasteiger partial charge in [0.1, 0.15) is 0 Å². The number of anilines is 1. The fourth-order valence-electron chi connectivity index (χ4n) is 2.67. The minimum absolute atomic E-state index is 0.137. The Hall–Kier alpha value is -2.08. The second-order valence-corrected chi connectivity index (χ2v) is 5.71. The average Bonchev–Trinajstić information content (AvgIpc) is 3.06. The molecule has 1 saturated heterocycles. The van der Waals surface area contributed by atoms with E-state index < -0.39 is 0 Å². The molecule has 1 aliphatic heterocycles. The molecule has 1 atom stereocenters. The number of hydrogen-bond donors (Lipinski definition) is 2. The van der Waals surface area contributed by atoms with Crippen molar-refractivity contribution in [1.29, 1.82) is 0 Å². The van der Waals surface area contributed by atoms with E-state index in [1.807, 2.05) is 13.8 Å². The zero-order valence-electron chi connectivity index (χ0n) is 14.0. The minimum atomic E-state index is -0.140. The summed E-state index contributed by atoms with van der Waals surface area (Å²) in [6.07, 6.45) is 2.20. The Morgan fingerprint density at radius 2 is 2.17 bits per heavy atom. The van der Waals surface area contributed by atoms with Crippen LogP contribution in [-0.4, -0.2) is 49.7 Å². The predicted molar refractivity (Wildman–Crippen MR) is 89.8 cm³/mol. The number of carbonyl (C=O) groups excluding carboxylic acids is 2. The number of hydrogen-bond acceptors (Lipinski definition) is 3. The molecule has 0 saturated carbocycles. The Balaban J connectivity index is 2.01. The second kappa shape index (κ2) is 7.97. The molecule has 1 heterocycles. The summed E-state index contributed by atoms with van der Waals surface area (Å²) < 4.78 is 5.60. The van der Waals surface area contributed by atoms with E-state index >= 15 is 0 Å². The maximum absolute atomic E-state index is 12.4. The van der Waals surface area contributed by atoms with Crippen LogP contribution in [0.2, 0.25) is 0 Å². The van der Waals surface area contributed by atoms with E-state index in [1.165, 1.54) is 0 Å². The highest BCUT2D eigenvalue weighted by Crippen LogP contribution is 2.18. The fraction of sp³-hybridized carbons (Fsp3) is 0.529. The molecule has 6 heteroatoms. The van der Waals surface area contributed by atoms with E-state index in [0.29, 0.717) is 24.3 Å². The lowest BCUT2D eigenvalue weighted by atomic mass is 10.1. The highest BCUT2D eigenvalue weighted by atomic mass is 16.5. The molecule has 6 nitrogen and oxygen atoms in total. The van der Waals surface area contributed by atoms with E-state index in [4.69, 9.17) is 4.74 Å². The molecule has 0 bridgehead atoms. The number of benzene rings is 1. The first-order chi connectivity index (χ1) is 11.0. The molecule has 126 valence electrons. The first-order valence-electron chi connectivity index (χ1n) is 8.05. The van der Waals surface area contributed by atoms with Crippen LogP contribution in [0.1, 0.15) is 35.7 Å². The zero-order valence-corrected chi connectivity index (χ0v) is 14.0. The maximum atomic E-state index is 12.4. The van der Waals surface area contributed by atoms with Crippen LogP contribution in [0.25, 0.3) is 0 Å². The smallest absolute Gasteiger partial charge is 0.321 e. The van der Waals surface area contributed by atoms with E-state index in [2.05, 4.69) is 10.6 Å². The van der Waals surface area contributed by atoms with E-state index in [0.717, 1.165) is 25.0 Å². The van der Waals surface area contributed by atoms with Gasteiger partial charge < -0.3 is 20.3 Å². The van der Waals surface area contributed by atoms with Crippen molar-refractivity contribution in [2.45, 2.75) is 32.8 Å². The molecule has 1 aromatic rings. The summed E-state index contributed by atoms with van der Waals surface area (Å²) in [7, 11) is 1.59. The van der Waals surface area contributed by atoms with E-state index in [-0.39, 0.29) is 18.0 Å². The lowest BCUT2D eigenvalue weighted by Gasteiger charge is -2.24. The van der Waals surface area contributed by atoms with Crippen molar-refractivity contribution in [3.63, 3.8) is 0 Å². The van der Waals surface area contributed by atoms with Gasteiger partial charge >= 0.3 is 6.03 Å². The third-order valence-electron chi connectivity index (χ3n) is 4.07. The molecule has 1 aliphatic rings. The van der Waals surface area contributed by atoms with Gasteiger partial charge in [0.2, 0.25) is 0 Å².